The van der Waals surface area contributed by atoms with Crippen molar-refractivity contribution in [3.63, 3.8) is 0 Å². The van der Waals surface area contributed by atoms with E-state index in [1.165, 1.54) is 19.2 Å². The summed E-state index contributed by atoms with van der Waals surface area (Å²) in [4.78, 5) is 37.8. The van der Waals surface area contributed by atoms with Gasteiger partial charge in [-0.05, 0) is 30.5 Å². The van der Waals surface area contributed by atoms with Crippen LogP contribution in [0.15, 0.2) is 18.2 Å². The monoisotopic (exact) mass is 396 g/mol. The van der Waals surface area contributed by atoms with E-state index in [9.17, 15) is 19.6 Å². The van der Waals surface area contributed by atoms with Gasteiger partial charge in [-0.1, -0.05) is 13.8 Å². The van der Waals surface area contributed by atoms with Crippen LogP contribution in [0.25, 0.3) is 0 Å². The number of esters is 2. The van der Waals surface area contributed by atoms with Crippen LogP contribution in [0.4, 0.5) is 11.4 Å². The van der Waals surface area contributed by atoms with Gasteiger partial charge in [0.05, 0.1) is 24.0 Å². The second-order valence-electron chi connectivity index (χ2n) is 6.72. The van der Waals surface area contributed by atoms with Crippen LogP contribution in [0.1, 0.15) is 30.6 Å². The van der Waals surface area contributed by atoms with Gasteiger partial charge in [-0.3, -0.25) is 10.0 Å². The van der Waals surface area contributed by atoms with E-state index in [0.29, 0.717) is 12.1 Å². The molecule has 156 valence electrons. The normalized spacial score (nSPS) is 11.6. The molecule has 1 atom stereocenters. The lowest BCUT2D eigenvalue weighted by molar-refractivity contribution is -0.145. The summed E-state index contributed by atoms with van der Waals surface area (Å²) in [6.45, 7) is 3.15. The Balaban J connectivity index is 2.84. The molecule has 0 bridgehead atoms. The summed E-state index contributed by atoms with van der Waals surface area (Å²) >= 11 is 0. The maximum absolute atomic E-state index is 12.4. The van der Waals surface area contributed by atoms with Gasteiger partial charge in [0.1, 0.15) is 6.04 Å². The molecule has 0 aliphatic carbocycles. The van der Waals surface area contributed by atoms with Crippen LogP contribution >= 0.6 is 0 Å². The molecule has 0 heterocycles. The van der Waals surface area contributed by atoms with Crippen molar-refractivity contribution in [2.24, 2.45) is 5.92 Å². The van der Waals surface area contributed by atoms with Gasteiger partial charge in [0, 0.05) is 14.1 Å². The van der Waals surface area contributed by atoms with Crippen molar-refractivity contribution in [2.75, 3.05) is 37.9 Å². The van der Waals surface area contributed by atoms with Crippen LogP contribution < -0.4 is 15.4 Å². The third kappa shape index (κ3) is 6.71. The molecule has 0 saturated carbocycles. The molecule has 28 heavy (non-hydrogen) atoms. The number of methoxy groups -OCH3 is 1. The maximum atomic E-state index is 12.4. The largest absolute Gasteiger partial charge is 0.733 e. The minimum Gasteiger partial charge on any atom is -0.733 e. The van der Waals surface area contributed by atoms with Gasteiger partial charge in [0.25, 0.3) is 5.91 Å². The minimum atomic E-state index is -0.860. The number of carbonyl (C=O) groups excluding carboxylic acids is 3. The van der Waals surface area contributed by atoms with Crippen LogP contribution in [0.2, 0.25) is 0 Å². The number of benzene rings is 1. The Morgan fingerprint density at radius 2 is 1.89 bits per heavy atom. The standard InChI is InChI=1S/C18H26N3O7/c1-11(2)8-14(18(24)27-5)19-16(22)10-28-17(23)13-9-12(21(25)26)6-7-15(13)20(3)4/h6-7,9,11,14,25H,8,10H2,1-5H3,(H,19,22)/q-1/t14-/m1/s1. The smallest absolute Gasteiger partial charge is 0.340 e. The molecule has 1 aromatic rings. The fourth-order valence-corrected chi connectivity index (χ4v) is 2.47. The Morgan fingerprint density at radius 3 is 2.39 bits per heavy atom. The van der Waals surface area contributed by atoms with E-state index in [2.05, 4.69) is 10.1 Å². The molecule has 0 fully saturated rings. The molecule has 1 rings (SSSR count). The molecule has 0 aliphatic heterocycles. The third-order valence-electron chi connectivity index (χ3n) is 3.77. The quantitative estimate of drug-likeness (QED) is 0.468. The van der Waals surface area contributed by atoms with Crippen molar-refractivity contribution in [1.29, 1.82) is 0 Å². The molecule has 1 amide bonds. The lowest BCUT2D eigenvalue weighted by atomic mass is 10.0. The Kier molecular flexibility index (Phi) is 8.68. The summed E-state index contributed by atoms with van der Waals surface area (Å²) in [5.74, 6) is -1.99. The van der Waals surface area contributed by atoms with Crippen molar-refractivity contribution in [1.82, 2.24) is 5.32 Å². The zero-order valence-corrected chi connectivity index (χ0v) is 16.6. The van der Waals surface area contributed by atoms with Crippen LogP contribution in [0, 0.1) is 11.1 Å². The number of amides is 1. The highest BCUT2D eigenvalue weighted by atomic mass is 16.8. The second kappa shape index (κ2) is 10.5. The van der Waals surface area contributed by atoms with Crippen molar-refractivity contribution >= 4 is 29.2 Å². The van der Waals surface area contributed by atoms with Gasteiger partial charge in [-0.25, -0.2) is 9.59 Å². The first-order valence-corrected chi connectivity index (χ1v) is 8.58. The predicted octanol–water partition coefficient (Wildman–Crippen LogP) is 1.31. The topological polar surface area (TPSA) is 131 Å². The van der Waals surface area contributed by atoms with Gasteiger partial charge < -0.3 is 30.1 Å². The first kappa shape index (κ1) is 23.2. The van der Waals surface area contributed by atoms with Gasteiger partial charge in [-0.2, -0.15) is 0 Å². The maximum Gasteiger partial charge on any atom is 0.340 e. The van der Waals surface area contributed by atoms with Crippen molar-refractivity contribution in [3.05, 3.63) is 29.0 Å². The van der Waals surface area contributed by atoms with E-state index in [1.807, 2.05) is 13.8 Å². The summed E-state index contributed by atoms with van der Waals surface area (Å²) in [6.07, 6.45) is 0.370. The Bertz CT molecular complexity index is 704. The van der Waals surface area contributed by atoms with Gasteiger partial charge in [-0.15, -0.1) is 0 Å². The third-order valence-corrected chi connectivity index (χ3v) is 3.77. The van der Waals surface area contributed by atoms with E-state index in [4.69, 9.17) is 9.94 Å². The van der Waals surface area contributed by atoms with Crippen LogP contribution in [-0.4, -0.2) is 56.9 Å². The summed E-state index contributed by atoms with van der Waals surface area (Å²) in [6, 6.07) is 3.10. The average Bonchev–Trinajstić information content (AvgIpc) is 2.63. The van der Waals surface area contributed by atoms with E-state index < -0.39 is 30.5 Å². The first-order valence-electron chi connectivity index (χ1n) is 8.58. The highest BCUT2D eigenvalue weighted by Gasteiger charge is 2.24. The van der Waals surface area contributed by atoms with Crippen LogP contribution in [0.5, 0.6) is 0 Å². The molecule has 0 aliphatic rings. The molecule has 0 spiro atoms. The van der Waals surface area contributed by atoms with E-state index in [-0.39, 0.29) is 22.4 Å². The minimum absolute atomic E-state index is 0.00287. The Labute approximate surface area is 163 Å². The van der Waals surface area contributed by atoms with Crippen LogP contribution in [0.3, 0.4) is 0 Å². The van der Waals surface area contributed by atoms with Gasteiger partial charge in [0.15, 0.2) is 6.61 Å². The summed E-state index contributed by atoms with van der Waals surface area (Å²) in [7, 11) is 4.58. The van der Waals surface area contributed by atoms with Crippen molar-refractivity contribution < 1.29 is 29.1 Å². The number of ether oxygens (including phenoxy) is 2. The molecule has 0 saturated heterocycles. The summed E-state index contributed by atoms with van der Waals surface area (Å²) in [5, 5.41) is 22.2. The lowest BCUT2D eigenvalue weighted by Crippen LogP contribution is -2.44. The highest BCUT2D eigenvalue weighted by molar-refractivity contribution is 5.98. The Morgan fingerprint density at radius 1 is 1.25 bits per heavy atom. The molecule has 0 aromatic heterocycles. The first-order chi connectivity index (χ1) is 13.1. The molecular weight excluding hydrogens is 370 g/mol. The highest BCUT2D eigenvalue weighted by Crippen LogP contribution is 2.25. The number of anilines is 2. The van der Waals surface area contributed by atoms with Crippen molar-refractivity contribution in [3.8, 4) is 0 Å². The molecule has 10 heteroatoms. The zero-order chi connectivity index (χ0) is 21.4. The molecule has 0 unspecified atom stereocenters. The molecule has 2 N–H and O–H groups in total. The number of rotatable bonds is 9. The van der Waals surface area contributed by atoms with E-state index in [1.54, 1.807) is 19.0 Å². The number of nitrogens with zero attached hydrogens (tertiary/aromatic N) is 2. The van der Waals surface area contributed by atoms with E-state index >= 15 is 0 Å². The fourth-order valence-electron chi connectivity index (χ4n) is 2.47. The lowest BCUT2D eigenvalue weighted by Gasteiger charge is -2.24. The fraction of sp³-hybridized carbons (Fsp3) is 0.500. The Hall–Kier alpha value is -2.85. The van der Waals surface area contributed by atoms with Crippen molar-refractivity contribution in [2.45, 2.75) is 26.3 Å². The van der Waals surface area contributed by atoms with Gasteiger partial charge >= 0.3 is 11.9 Å². The number of hydrogen-bond acceptors (Lipinski definition) is 9. The predicted molar refractivity (Wildman–Crippen MR) is 102 cm³/mol. The summed E-state index contributed by atoms with van der Waals surface area (Å²) in [5.41, 5.74) is 0.268. The molecule has 0 radical (unpaired) electrons. The number of nitrogens with one attached hydrogen (secondary N) is 1. The molecular formula is C18H26N3O7-. The van der Waals surface area contributed by atoms with E-state index in [0.717, 1.165) is 6.07 Å². The summed E-state index contributed by atoms with van der Waals surface area (Å²) < 4.78 is 9.66. The average molecular weight is 396 g/mol. The zero-order valence-electron chi connectivity index (χ0n) is 16.6. The molecule has 10 nitrogen and oxygen atoms in total. The SMILES string of the molecule is COC(=O)[C@@H](CC(C)C)NC(=O)COC(=O)c1cc(N([O-])O)ccc1N(C)C. The molecule has 1 aromatic carbocycles. The van der Waals surface area contributed by atoms with Crippen LogP contribution in [-0.2, 0) is 19.1 Å². The number of hydrogen-bond donors (Lipinski definition) is 2. The van der Waals surface area contributed by atoms with Gasteiger partial charge in [0.2, 0.25) is 0 Å². The second-order valence-corrected chi connectivity index (χ2v) is 6.72. The number of carbonyl (C=O) groups is 3.